The highest BCUT2D eigenvalue weighted by molar-refractivity contribution is 6.14. The van der Waals surface area contributed by atoms with Crippen molar-refractivity contribution in [1.29, 1.82) is 5.41 Å². The molecule has 33 heavy (non-hydrogen) atoms. The number of nitrogens with one attached hydrogen (secondary N) is 2. The van der Waals surface area contributed by atoms with Crippen LogP contribution in [0.1, 0.15) is 38.3 Å². The second-order valence-corrected chi connectivity index (χ2v) is 7.46. The molecule has 0 bridgehead atoms. The first-order valence-electron chi connectivity index (χ1n) is 10.2. The molecular weight excluding hydrogens is 428 g/mol. The summed E-state index contributed by atoms with van der Waals surface area (Å²) < 4.78 is 27.8. The number of hydrogen-bond acceptors (Lipinski definition) is 4. The normalized spacial score (nSPS) is 15.6. The van der Waals surface area contributed by atoms with Gasteiger partial charge >= 0.3 is 5.97 Å². The molecule has 5 N–H and O–H groups in total. The van der Waals surface area contributed by atoms with Crippen LogP contribution in [0.3, 0.4) is 0 Å². The minimum absolute atomic E-state index is 0.0275. The first-order chi connectivity index (χ1) is 15.8. The number of carbonyl (C=O) groups is 2. The third-order valence-corrected chi connectivity index (χ3v) is 5.08. The van der Waals surface area contributed by atoms with Crippen molar-refractivity contribution in [3.05, 3.63) is 106 Å². The molecule has 1 amide bonds. The standard InChI is InChI=1S/C25H23F2N3O3/c26-18-9-7-16(8-10-18)21(28)14-22(29)23-19(5-2-6-20(23)27)24(31)30-12-11-15-3-1-4-17(13-15)25(32)33/h1-9,13-14,18,29H,10-12,28H2,(H,30,31)(H,32,33)/b21-14-,29-22?. The number of aromatic carboxylic acids is 1. The Bertz CT molecular complexity index is 1190. The summed E-state index contributed by atoms with van der Waals surface area (Å²) in [5.74, 6) is -2.37. The van der Waals surface area contributed by atoms with Gasteiger partial charge in [0.1, 0.15) is 12.0 Å². The second-order valence-electron chi connectivity index (χ2n) is 7.46. The fourth-order valence-electron chi connectivity index (χ4n) is 3.38. The van der Waals surface area contributed by atoms with Gasteiger partial charge in [-0.2, -0.15) is 0 Å². The molecule has 2 aromatic carbocycles. The number of carboxylic acid groups (broad SMARTS) is 1. The van der Waals surface area contributed by atoms with Crippen molar-refractivity contribution < 1.29 is 23.5 Å². The lowest BCUT2D eigenvalue weighted by Crippen LogP contribution is -2.28. The molecule has 0 saturated heterocycles. The fraction of sp³-hybridized carbons (Fsp3) is 0.160. The first-order valence-corrected chi connectivity index (χ1v) is 10.2. The number of benzene rings is 2. The van der Waals surface area contributed by atoms with E-state index in [4.69, 9.17) is 16.2 Å². The number of carboxylic acids is 1. The lowest BCUT2D eigenvalue weighted by molar-refractivity contribution is 0.0696. The summed E-state index contributed by atoms with van der Waals surface area (Å²) >= 11 is 0. The molecule has 1 atom stereocenters. The fourth-order valence-corrected chi connectivity index (χ4v) is 3.38. The quantitative estimate of drug-likeness (QED) is 0.455. The minimum atomic E-state index is -1.09. The van der Waals surface area contributed by atoms with E-state index in [1.54, 1.807) is 18.2 Å². The van der Waals surface area contributed by atoms with Crippen molar-refractivity contribution >= 4 is 17.6 Å². The van der Waals surface area contributed by atoms with E-state index in [-0.39, 0.29) is 41.1 Å². The predicted octanol–water partition coefficient (Wildman–Crippen LogP) is 3.93. The molecule has 2 aromatic rings. The van der Waals surface area contributed by atoms with E-state index in [2.05, 4.69) is 5.32 Å². The number of allylic oxidation sites excluding steroid dienone is 4. The zero-order valence-electron chi connectivity index (χ0n) is 17.6. The van der Waals surface area contributed by atoms with Crippen LogP contribution in [0.4, 0.5) is 8.78 Å². The Morgan fingerprint density at radius 2 is 2.00 bits per heavy atom. The van der Waals surface area contributed by atoms with Gasteiger partial charge in [0, 0.05) is 24.2 Å². The molecule has 0 aromatic heterocycles. The SMILES string of the molecule is N=C(/C=C(\N)C1=CCC(F)C=C1)c1c(F)cccc1C(=O)NCCc1cccc(C(=O)O)c1. The van der Waals surface area contributed by atoms with Crippen LogP contribution in [-0.2, 0) is 6.42 Å². The maximum absolute atomic E-state index is 14.6. The van der Waals surface area contributed by atoms with Gasteiger partial charge in [-0.1, -0.05) is 30.4 Å². The molecule has 0 aliphatic heterocycles. The van der Waals surface area contributed by atoms with E-state index in [1.807, 2.05) is 0 Å². The summed E-state index contributed by atoms with van der Waals surface area (Å²) in [5.41, 5.74) is 7.04. The molecule has 170 valence electrons. The summed E-state index contributed by atoms with van der Waals surface area (Å²) in [6, 6.07) is 10.3. The van der Waals surface area contributed by atoms with Gasteiger partial charge < -0.3 is 21.6 Å². The average Bonchev–Trinajstić information content (AvgIpc) is 2.79. The molecular formula is C25H23F2N3O3. The Labute approximate surface area is 189 Å². The Morgan fingerprint density at radius 3 is 2.70 bits per heavy atom. The van der Waals surface area contributed by atoms with E-state index in [1.165, 1.54) is 42.5 Å². The summed E-state index contributed by atoms with van der Waals surface area (Å²) in [5, 5.41) is 20.1. The highest BCUT2D eigenvalue weighted by atomic mass is 19.1. The lowest BCUT2D eigenvalue weighted by Gasteiger charge is -2.13. The van der Waals surface area contributed by atoms with E-state index in [0.717, 1.165) is 11.6 Å². The highest BCUT2D eigenvalue weighted by Crippen LogP contribution is 2.20. The van der Waals surface area contributed by atoms with Gasteiger partial charge in [-0.05, 0) is 54.0 Å². The maximum atomic E-state index is 14.6. The number of alkyl halides is 1. The van der Waals surface area contributed by atoms with E-state index in [0.29, 0.717) is 12.0 Å². The number of carbonyl (C=O) groups excluding carboxylic acids is 1. The van der Waals surface area contributed by atoms with Gasteiger partial charge in [0.2, 0.25) is 0 Å². The Kier molecular flexibility index (Phi) is 7.50. The van der Waals surface area contributed by atoms with Crippen LogP contribution < -0.4 is 11.1 Å². The van der Waals surface area contributed by atoms with E-state index in [9.17, 15) is 18.4 Å². The third kappa shape index (κ3) is 6.00. The zero-order chi connectivity index (χ0) is 24.0. The monoisotopic (exact) mass is 451 g/mol. The molecule has 8 heteroatoms. The van der Waals surface area contributed by atoms with Crippen molar-refractivity contribution in [2.75, 3.05) is 6.54 Å². The summed E-state index contributed by atoms with van der Waals surface area (Å²) in [4.78, 5) is 23.8. The topological polar surface area (TPSA) is 116 Å². The van der Waals surface area contributed by atoms with Gasteiger partial charge in [-0.3, -0.25) is 4.79 Å². The molecule has 1 aliphatic rings. The highest BCUT2D eigenvalue weighted by Gasteiger charge is 2.19. The first kappa shape index (κ1) is 23.6. The van der Waals surface area contributed by atoms with Crippen LogP contribution in [0.2, 0.25) is 0 Å². The Morgan fingerprint density at radius 1 is 1.24 bits per heavy atom. The average molecular weight is 451 g/mol. The van der Waals surface area contributed by atoms with Gasteiger partial charge in [-0.25, -0.2) is 13.6 Å². The third-order valence-electron chi connectivity index (χ3n) is 5.08. The molecule has 0 fully saturated rings. The molecule has 0 saturated carbocycles. The van der Waals surface area contributed by atoms with Crippen molar-refractivity contribution in [3.8, 4) is 0 Å². The zero-order valence-corrected chi connectivity index (χ0v) is 17.6. The van der Waals surface area contributed by atoms with Gasteiger partial charge in [0.05, 0.1) is 16.8 Å². The second kappa shape index (κ2) is 10.5. The van der Waals surface area contributed by atoms with E-state index < -0.39 is 23.9 Å². The molecule has 3 rings (SSSR count). The molecule has 0 heterocycles. The maximum Gasteiger partial charge on any atom is 0.335 e. The van der Waals surface area contributed by atoms with Crippen LogP contribution in [0, 0.1) is 11.2 Å². The Hall–Kier alpha value is -4.07. The van der Waals surface area contributed by atoms with Crippen molar-refractivity contribution in [2.24, 2.45) is 5.73 Å². The Balaban J connectivity index is 1.73. The smallest absolute Gasteiger partial charge is 0.335 e. The van der Waals surface area contributed by atoms with Crippen LogP contribution >= 0.6 is 0 Å². The summed E-state index contributed by atoms with van der Waals surface area (Å²) in [6.45, 7) is 0.186. The molecule has 0 radical (unpaired) electrons. The van der Waals surface area contributed by atoms with Crippen molar-refractivity contribution in [1.82, 2.24) is 5.32 Å². The van der Waals surface area contributed by atoms with Gasteiger partial charge in [-0.15, -0.1) is 0 Å². The minimum Gasteiger partial charge on any atom is -0.478 e. The summed E-state index contributed by atoms with van der Waals surface area (Å²) in [6.07, 6.45) is 5.14. The molecule has 1 aliphatic carbocycles. The molecule has 0 spiro atoms. The molecule has 6 nitrogen and oxygen atoms in total. The van der Waals surface area contributed by atoms with E-state index >= 15 is 0 Å². The molecule has 1 unspecified atom stereocenters. The van der Waals surface area contributed by atoms with Crippen LogP contribution in [0.15, 0.2) is 78.0 Å². The number of hydrogen-bond donors (Lipinski definition) is 4. The van der Waals surface area contributed by atoms with Gasteiger partial charge in [0.15, 0.2) is 0 Å². The van der Waals surface area contributed by atoms with Crippen LogP contribution in [-0.4, -0.2) is 35.4 Å². The largest absolute Gasteiger partial charge is 0.478 e. The van der Waals surface area contributed by atoms with Crippen LogP contribution in [0.5, 0.6) is 0 Å². The number of halogens is 2. The number of rotatable bonds is 8. The summed E-state index contributed by atoms with van der Waals surface area (Å²) in [7, 11) is 0. The lowest BCUT2D eigenvalue weighted by atomic mass is 9.98. The number of nitrogens with two attached hydrogens (primary N) is 1. The van der Waals surface area contributed by atoms with Crippen LogP contribution in [0.25, 0.3) is 0 Å². The van der Waals surface area contributed by atoms with Crippen molar-refractivity contribution in [2.45, 2.75) is 19.0 Å². The van der Waals surface area contributed by atoms with Crippen molar-refractivity contribution in [3.63, 3.8) is 0 Å². The predicted molar refractivity (Wildman–Crippen MR) is 122 cm³/mol. The van der Waals surface area contributed by atoms with Gasteiger partial charge in [0.25, 0.3) is 5.91 Å². The number of amides is 1.